The van der Waals surface area contributed by atoms with Gasteiger partial charge in [0.2, 0.25) is 22.4 Å². The number of carbonyl (C=O) groups excluding carboxylic acids is 1. The molecule has 1 rings (SSSR count). The Bertz CT molecular complexity index is 788. The molecule has 0 spiro atoms. The number of allylic oxidation sites excluding steroid dienone is 3. The van der Waals surface area contributed by atoms with Gasteiger partial charge in [-0.05, 0) is 31.9 Å². The summed E-state index contributed by atoms with van der Waals surface area (Å²) < 4.78 is 31.2. The maximum absolute atomic E-state index is 11.8. The summed E-state index contributed by atoms with van der Waals surface area (Å²) in [5.74, 6) is 0.527. The number of amides is 1. The van der Waals surface area contributed by atoms with Gasteiger partial charge in [0.15, 0.2) is 0 Å². The lowest BCUT2D eigenvalue weighted by Gasteiger charge is -2.14. The lowest BCUT2D eigenvalue weighted by atomic mass is 10.0. The molecule has 9 heteroatoms. The van der Waals surface area contributed by atoms with Gasteiger partial charge in [-0.2, -0.15) is 0 Å². The van der Waals surface area contributed by atoms with Crippen LogP contribution in [0.3, 0.4) is 0 Å². The smallest absolute Gasteiger partial charge is 0.237 e. The van der Waals surface area contributed by atoms with Crippen LogP contribution in [-0.4, -0.2) is 49.6 Å². The normalized spacial score (nSPS) is 12.7. The molecule has 1 aromatic heterocycles. The number of aromatic nitrogens is 2. The van der Waals surface area contributed by atoms with Crippen molar-refractivity contribution >= 4 is 28.0 Å². The van der Waals surface area contributed by atoms with E-state index in [0.29, 0.717) is 29.9 Å². The number of nitrogens with zero attached hydrogens (tertiary/aromatic N) is 3. The highest BCUT2D eigenvalue weighted by atomic mass is 32.2. The van der Waals surface area contributed by atoms with Crippen LogP contribution in [0.4, 0.5) is 5.95 Å². The number of aryl methyl sites for hydroxylation is 1. The van der Waals surface area contributed by atoms with Crippen molar-refractivity contribution in [2.24, 2.45) is 0 Å². The van der Waals surface area contributed by atoms with Crippen molar-refractivity contribution < 1.29 is 17.9 Å². The van der Waals surface area contributed by atoms with Crippen LogP contribution in [0.5, 0.6) is 0 Å². The molecule has 0 saturated carbocycles. The highest BCUT2D eigenvalue weighted by Crippen LogP contribution is 2.23. The van der Waals surface area contributed by atoms with Gasteiger partial charge >= 0.3 is 0 Å². The van der Waals surface area contributed by atoms with E-state index in [4.69, 9.17) is 4.74 Å². The van der Waals surface area contributed by atoms with E-state index < -0.39 is 10.0 Å². The number of hydrogen-bond acceptors (Lipinski definition) is 6. The molecule has 0 atom stereocenters. The lowest BCUT2D eigenvalue weighted by Crippen LogP contribution is -2.17. The predicted octanol–water partition coefficient (Wildman–Crippen LogP) is 2.17. The maximum atomic E-state index is 11.8. The van der Waals surface area contributed by atoms with Crippen LogP contribution >= 0.6 is 0 Å². The van der Waals surface area contributed by atoms with Gasteiger partial charge in [0, 0.05) is 25.0 Å². The van der Waals surface area contributed by atoms with E-state index in [2.05, 4.69) is 14.7 Å². The van der Waals surface area contributed by atoms with E-state index in [-0.39, 0.29) is 11.7 Å². The molecule has 144 valence electrons. The van der Waals surface area contributed by atoms with E-state index >= 15 is 0 Å². The van der Waals surface area contributed by atoms with Gasteiger partial charge in [-0.1, -0.05) is 13.3 Å². The van der Waals surface area contributed by atoms with Crippen molar-refractivity contribution in [2.75, 3.05) is 24.6 Å². The van der Waals surface area contributed by atoms with Crippen LogP contribution in [-0.2, 0) is 26.0 Å². The third kappa shape index (κ3) is 6.47. The number of anilines is 1. The Hall–Kier alpha value is -2.42. The fourth-order valence-electron chi connectivity index (χ4n) is 2.06. The summed E-state index contributed by atoms with van der Waals surface area (Å²) in [5.41, 5.74) is 2.00. The fourth-order valence-corrected chi connectivity index (χ4v) is 2.58. The average Bonchev–Trinajstić information content (AvgIpc) is 2.62. The summed E-state index contributed by atoms with van der Waals surface area (Å²) in [6.45, 7) is 5.33. The second kappa shape index (κ2) is 9.91. The van der Waals surface area contributed by atoms with Gasteiger partial charge in [0.25, 0.3) is 0 Å². The molecule has 1 heterocycles. The summed E-state index contributed by atoms with van der Waals surface area (Å²) in [6, 6.07) is 0. The van der Waals surface area contributed by atoms with Crippen LogP contribution in [0, 0.1) is 0 Å². The molecule has 0 unspecified atom stereocenters. The molecular formula is C17H26N4O4S. The number of ether oxygens (including phenoxy) is 1. The third-order valence-corrected chi connectivity index (χ3v) is 4.73. The molecule has 1 amide bonds. The lowest BCUT2D eigenvalue weighted by molar-refractivity contribution is -0.114. The topological polar surface area (TPSA) is 101 Å². The second-order valence-electron chi connectivity index (χ2n) is 5.64. The molecule has 0 aromatic carbocycles. The minimum absolute atomic E-state index is 0.00942. The van der Waals surface area contributed by atoms with Crippen molar-refractivity contribution in [1.29, 1.82) is 0 Å². The minimum atomic E-state index is -3.50. The third-order valence-electron chi connectivity index (χ3n) is 3.47. The summed E-state index contributed by atoms with van der Waals surface area (Å²) in [6.07, 6.45) is 7.18. The van der Waals surface area contributed by atoms with E-state index in [1.165, 1.54) is 11.8 Å². The Morgan fingerprint density at radius 3 is 2.62 bits per heavy atom. The molecule has 0 aliphatic rings. The van der Waals surface area contributed by atoms with Crippen molar-refractivity contribution in [3.05, 3.63) is 35.5 Å². The van der Waals surface area contributed by atoms with Crippen molar-refractivity contribution in [3.63, 3.8) is 0 Å². The number of sulfonamides is 1. The molecule has 0 radical (unpaired) electrons. The Morgan fingerprint density at radius 2 is 2.08 bits per heavy atom. The first kappa shape index (κ1) is 21.6. The zero-order valence-corrected chi connectivity index (χ0v) is 16.6. The minimum Gasteiger partial charge on any atom is -0.501 e. The quantitative estimate of drug-likeness (QED) is 0.378. The molecule has 0 aliphatic heterocycles. The van der Waals surface area contributed by atoms with Crippen LogP contribution < -0.4 is 4.72 Å². The van der Waals surface area contributed by atoms with E-state index in [1.54, 1.807) is 39.6 Å². The van der Waals surface area contributed by atoms with Crippen molar-refractivity contribution in [3.8, 4) is 0 Å². The predicted molar refractivity (Wildman–Crippen MR) is 102 cm³/mol. The van der Waals surface area contributed by atoms with E-state index in [9.17, 15) is 13.2 Å². The molecular weight excluding hydrogens is 356 g/mol. The first-order chi connectivity index (χ1) is 12.3. The van der Waals surface area contributed by atoms with E-state index in [1.807, 2.05) is 6.92 Å². The van der Waals surface area contributed by atoms with Gasteiger partial charge in [0.05, 0.1) is 24.3 Å². The van der Waals surface area contributed by atoms with Gasteiger partial charge < -0.3 is 9.64 Å². The van der Waals surface area contributed by atoms with E-state index in [0.717, 1.165) is 12.0 Å². The molecule has 1 aromatic rings. The number of methoxy groups -OCH3 is 1. The fraction of sp³-hybridized carbons (Fsp3) is 0.471. The van der Waals surface area contributed by atoms with Crippen LogP contribution in [0.2, 0.25) is 0 Å². The average molecular weight is 382 g/mol. The monoisotopic (exact) mass is 382 g/mol. The SMILES string of the molecule is CCCc1cnc(NS(=O)(=O)CC)nc1C(/C=C(\C)OC)=C/N(C)C=O. The van der Waals surface area contributed by atoms with Crippen LogP contribution in [0.15, 0.2) is 24.2 Å². The molecule has 0 fully saturated rings. The standard InChI is InChI=1S/C17H26N4O4S/c1-6-8-14-10-18-17(20-26(23,24)7-2)19-16(14)15(9-13(3)25-5)11-21(4)12-22/h9-12H,6-8H2,1-5H3,(H,18,19,20)/b13-9+,15-11+. The number of rotatable bonds is 10. The number of carbonyl (C=O) groups is 1. The maximum Gasteiger partial charge on any atom is 0.237 e. The summed E-state index contributed by atoms with van der Waals surface area (Å²) in [5, 5.41) is 0. The Morgan fingerprint density at radius 1 is 1.38 bits per heavy atom. The molecule has 0 bridgehead atoms. The van der Waals surface area contributed by atoms with Crippen LogP contribution in [0.25, 0.3) is 5.57 Å². The second-order valence-corrected chi connectivity index (χ2v) is 7.65. The zero-order valence-electron chi connectivity index (χ0n) is 15.8. The Balaban J connectivity index is 3.54. The molecule has 8 nitrogen and oxygen atoms in total. The van der Waals surface area contributed by atoms with Gasteiger partial charge in [-0.15, -0.1) is 0 Å². The summed E-state index contributed by atoms with van der Waals surface area (Å²) >= 11 is 0. The largest absolute Gasteiger partial charge is 0.501 e. The number of nitrogens with one attached hydrogen (secondary N) is 1. The number of hydrogen-bond donors (Lipinski definition) is 1. The molecule has 26 heavy (non-hydrogen) atoms. The van der Waals surface area contributed by atoms with Crippen molar-refractivity contribution in [2.45, 2.75) is 33.6 Å². The molecule has 1 N–H and O–H groups in total. The van der Waals surface area contributed by atoms with Crippen LogP contribution in [0.1, 0.15) is 38.4 Å². The van der Waals surface area contributed by atoms with Crippen molar-refractivity contribution in [1.82, 2.24) is 14.9 Å². The Labute approximate surface area is 155 Å². The highest BCUT2D eigenvalue weighted by Gasteiger charge is 2.15. The molecule has 0 aliphatic carbocycles. The molecule has 0 saturated heterocycles. The summed E-state index contributed by atoms with van der Waals surface area (Å²) in [4.78, 5) is 20.9. The summed E-state index contributed by atoms with van der Waals surface area (Å²) in [7, 11) is -0.353. The van der Waals surface area contributed by atoms with Gasteiger partial charge in [-0.3, -0.25) is 9.52 Å². The van der Waals surface area contributed by atoms with Gasteiger partial charge in [-0.25, -0.2) is 18.4 Å². The first-order valence-corrected chi connectivity index (χ1v) is 9.89. The highest BCUT2D eigenvalue weighted by molar-refractivity contribution is 7.92. The van der Waals surface area contributed by atoms with Gasteiger partial charge in [0.1, 0.15) is 0 Å². The Kier molecular flexibility index (Phi) is 8.24. The first-order valence-electron chi connectivity index (χ1n) is 8.24. The zero-order chi connectivity index (χ0) is 19.7.